The minimum Gasteiger partial charge on any atom is -0.319 e. The van der Waals surface area contributed by atoms with E-state index in [0.717, 1.165) is 36.0 Å². The topological polar surface area (TPSA) is 29.9 Å². The standard InChI is InChI=1S/C14H17F2N3/c1-9-14(10-4-5-11(15)12(16)8-10)13(6-7-17-2)19(3)18-9/h4-5,8,17H,6-7H2,1-3H3. The van der Waals surface area contributed by atoms with Gasteiger partial charge in [-0.1, -0.05) is 6.07 Å². The molecule has 102 valence electrons. The molecule has 3 nitrogen and oxygen atoms in total. The van der Waals surface area contributed by atoms with Crippen LogP contribution in [0.3, 0.4) is 0 Å². The Balaban J connectivity index is 2.50. The molecule has 1 aromatic heterocycles. The maximum absolute atomic E-state index is 13.4. The Bertz CT molecular complexity index is 591. The second-order valence-electron chi connectivity index (χ2n) is 4.51. The van der Waals surface area contributed by atoms with Crippen molar-refractivity contribution in [2.24, 2.45) is 7.05 Å². The van der Waals surface area contributed by atoms with Crippen LogP contribution in [0.5, 0.6) is 0 Å². The van der Waals surface area contributed by atoms with Crippen molar-refractivity contribution in [2.75, 3.05) is 13.6 Å². The summed E-state index contributed by atoms with van der Waals surface area (Å²) >= 11 is 0. The summed E-state index contributed by atoms with van der Waals surface area (Å²) in [6, 6.07) is 3.96. The Labute approximate surface area is 111 Å². The first-order valence-corrected chi connectivity index (χ1v) is 6.17. The van der Waals surface area contributed by atoms with Crippen molar-refractivity contribution in [3.8, 4) is 11.1 Å². The molecule has 0 spiro atoms. The molecule has 1 heterocycles. The molecule has 0 bridgehead atoms. The minimum atomic E-state index is -0.833. The van der Waals surface area contributed by atoms with Crippen LogP contribution < -0.4 is 5.32 Å². The Hall–Kier alpha value is -1.75. The molecular formula is C14H17F2N3. The molecule has 0 aliphatic carbocycles. The third kappa shape index (κ3) is 2.66. The van der Waals surface area contributed by atoms with Crippen molar-refractivity contribution < 1.29 is 8.78 Å². The van der Waals surface area contributed by atoms with Crippen LogP contribution in [-0.4, -0.2) is 23.4 Å². The van der Waals surface area contributed by atoms with Crippen LogP contribution in [0.1, 0.15) is 11.4 Å². The van der Waals surface area contributed by atoms with E-state index in [0.29, 0.717) is 5.56 Å². The fourth-order valence-corrected chi connectivity index (χ4v) is 2.26. The van der Waals surface area contributed by atoms with Crippen LogP contribution in [-0.2, 0) is 13.5 Å². The first-order valence-electron chi connectivity index (χ1n) is 6.17. The largest absolute Gasteiger partial charge is 0.319 e. The molecule has 0 unspecified atom stereocenters. The molecule has 0 amide bonds. The highest BCUT2D eigenvalue weighted by atomic mass is 19.2. The van der Waals surface area contributed by atoms with E-state index >= 15 is 0 Å². The number of hydrogen-bond donors (Lipinski definition) is 1. The van der Waals surface area contributed by atoms with Gasteiger partial charge in [-0.15, -0.1) is 0 Å². The second kappa shape index (κ2) is 5.48. The van der Waals surface area contributed by atoms with Gasteiger partial charge in [-0.2, -0.15) is 5.10 Å². The molecule has 0 atom stereocenters. The van der Waals surface area contributed by atoms with Gasteiger partial charge >= 0.3 is 0 Å². The summed E-state index contributed by atoms with van der Waals surface area (Å²) in [7, 11) is 3.74. The number of aromatic nitrogens is 2. The molecule has 0 aliphatic heterocycles. The van der Waals surface area contributed by atoms with E-state index < -0.39 is 11.6 Å². The van der Waals surface area contributed by atoms with E-state index in [9.17, 15) is 8.78 Å². The van der Waals surface area contributed by atoms with Gasteiger partial charge in [0, 0.05) is 31.3 Å². The second-order valence-corrected chi connectivity index (χ2v) is 4.51. The van der Waals surface area contributed by atoms with Crippen LogP contribution in [0.15, 0.2) is 18.2 Å². The van der Waals surface area contributed by atoms with Crippen LogP contribution in [0.2, 0.25) is 0 Å². The highest BCUT2D eigenvalue weighted by Crippen LogP contribution is 2.28. The van der Waals surface area contributed by atoms with Crippen LogP contribution in [0, 0.1) is 18.6 Å². The highest BCUT2D eigenvalue weighted by Gasteiger charge is 2.16. The first-order chi connectivity index (χ1) is 9.04. The van der Waals surface area contributed by atoms with Gasteiger partial charge in [-0.25, -0.2) is 8.78 Å². The maximum Gasteiger partial charge on any atom is 0.159 e. The van der Waals surface area contributed by atoms with Gasteiger partial charge in [0.05, 0.1) is 5.69 Å². The van der Waals surface area contributed by atoms with Gasteiger partial charge in [-0.05, 0) is 31.7 Å². The minimum absolute atomic E-state index is 0.663. The summed E-state index contributed by atoms with van der Waals surface area (Å²) in [5.74, 6) is -1.66. The van der Waals surface area contributed by atoms with Gasteiger partial charge in [0.15, 0.2) is 11.6 Å². The van der Waals surface area contributed by atoms with Crippen molar-refractivity contribution in [2.45, 2.75) is 13.3 Å². The van der Waals surface area contributed by atoms with E-state index in [2.05, 4.69) is 10.4 Å². The summed E-state index contributed by atoms with van der Waals surface area (Å²) in [4.78, 5) is 0. The zero-order chi connectivity index (χ0) is 14.0. The van der Waals surface area contributed by atoms with E-state index in [-0.39, 0.29) is 0 Å². The van der Waals surface area contributed by atoms with Crippen molar-refractivity contribution in [1.29, 1.82) is 0 Å². The zero-order valence-electron chi connectivity index (χ0n) is 11.3. The highest BCUT2D eigenvalue weighted by molar-refractivity contribution is 5.68. The van der Waals surface area contributed by atoms with E-state index in [1.165, 1.54) is 6.07 Å². The Morgan fingerprint density at radius 1 is 1.26 bits per heavy atom. The molecule has 0 radical (unpaired) electrons. The predicted octanol–water partition coefficient (Wildman–Crippen LogP) is 2.44. The van der Waals surface area contributed by atoms with Gasteiger partial charge < -0.3 is 5.32 Å². The van der Waals surface area contributed by atoms with Crippen molar-refractivity contribution in [1.82, 2.24) is 15.1 Å². The number of hydrogen-bond acceptors (Lipinski definition) is 2. The number of likely N-dealkylation sites (N-methyl/N-ethyl adjacent to an activating group) is 1. The van der Waals surface area contributed by atoms with E-state index in [1.807, 2.05) is 21.0 Å². The summed E-state index contributed by atoms with van der Waals surface area (Å²) in [5.41, 5.74) is 3.38. The molecule has 1 N–H and O–H groups in total. The van der Waals surface area contributed by atoms with Crippen LogP contribution in [0.4, 0.5) is 8.78 Å². The fourth-order valence-electron chi connectivity index (χ4n) is 2.26. The third-order valence-electron chi connectivity index (χ3n) is 3.16. The predicted molar refractivity (Wildman–Crippen MR) is 70.9 cm³/mol. The molecule has 2 aromatic rings. The van der Waals surface area contributed by atoms with E-state index in [4.69, 9.17) is 0 Å². The molecule has 2 rings (SSSR count). The molecule has 1 aromatic carbocycles. The molecule has 0 fully saturated rings. The third-order valence-corrected chi connectivity index (χ3v) is 3.16. The average Bonchev–Trinajstić information content (AvgIpc) is 2.65. The molecule has 0 aliphatic rings. The summed E-state index contributed by atoms with van der Waals surface area (Å²) in [6.07, 6.45) is 0.780. The fraction of sp³-hybridized carbons (Fsp3) is 0.357. The number of aryl methyl sites for hydroxylation is 2. The van der Waals surface area contributed by atoms with E-state index in [1.54, 1.807) is 10.7 Å². The maximum atomic E-state index is 13.4. The SMILES string of the molecule is CNCCc1c(-c2ccc(F)c(F)c2)c(C)nn1C. The van der Waals surface area contributed by atoms with Gasteiger partial charge in [-0.3, -0.25) is 4.68 Å². The summed E-state index contributed by atoms with van der Waals surface area (Å²) < 4.78 is 28.2. The number of rotatable bonds is 4. The number of halogens is 2. The van der Waals surface area contributed by atoms with Crippen molar-refractivity contribution >= 4 is 0 Å². The first kappa shape index (κ1) is 13.7. The van der Waals surface area contributed by atoms with Gasteiger partial charge in [0.25, 0.3) is 0 Å². The van der Waals surface area contributed by atoms with Gasteiger partial charge in [0.1, 0.15) is 0 Å². The number of nitrogens with zero attached hydrogens (tertiary/aromatic N) is 2. The van der Waals surface area contributed by atoms with Gasteiger partial charge in [0.2, 0.25) is 0 Å². The quantitative estimate of drug-likeness (QED) is 0.920. The lowest BCUT2D eigenvalue weighted by Crippen LogP contribution is -2.13. The lowest BCUT2D eigenvalue weighted by atomic mass is 10.0. The van der Waals surface area contributed by atoms with Crippen LogP contribution in [0.25, 0.3) is 11.1 Å². The molecule has 5 heteroatoms. The Kier molecular flexibility index (Phi) is 3.95. The molecule has 0 saturated heterocycles. The molecule has 0 saturated carbocycles. The average molecular weight is 265 g/mol. The lowest BCUT2D eigenvalue weighted by Gasteiger charge is -2.07. The van der Waals surface area contributed by atoms with Crippen molar-refractivity contribution in [3.63, 3.8) is 0 Å². The Morgan fingerprint density at radius 3 is 2.63 bits per heavy atom. The summed E-state index contributed by atoms with van der Waals surface area (Å²) in [6.45, 7) is 2.68. The molecule has 19 heavy (non-hydrogen) atoms. The van der Waals surface area contributed by atoms with Crippen molar-refractivity contribution in [3.05, 3.63) is 41.2 Å². The molecular weight excluding hydrogens is 248 g/mol. The normalized spacial score (nSPS) is 11.0. The lowest BCUT2D eigenvalue weighted by molar-refractivity contribution is 0.509. The number of nitrogens with one attached hydrogen (secondary N) is 1. The number of benzene rings is 1. The van der Waals surface area contributed by atoms with Crippen LogP contribution >= 0.6 is 0 Å². The Morgan fingerprint density at radius 2 is 2.00 bits per heavy atom. The summed E-state index contributed by atoms with van der Waals surface area (Å²) in [5, 5.41) is 7.44. The zero-order valence-corrected chi connectivity index (χ0v) is 11.3. The monoisotopic (exact) mass is 265 g/mol. The smallest absolute Gasteiger partial charge is 0.159 e.